The molecule has 1 unspecified atom stereocenters. The molecule has 1 aliphatic heterocycles. The van der Waals surface area contributed by atoms with Gasteiger partial charge in [-0.2, -0.15) is 0 Å². The molecule has 1 atom stereocenters. The van der Waals surface area contributed by atoms with Crippen LogP contribution in [-0.4, -0.2) is 18.4 Å². The van der Waals surface area contributed by atoms with E-state index in [0.717, 1.165) is 30.9 Å². The molecule has 0 aliphatic carbocycles. The highest BCUT2D eigenvalue weighted by Gasteiger charge is 2.28. The quantitative estimate of drug-likeness (QED) is 0.455. The Morgan fingerprint density at radius 3 is 2.27 bits per heavy atom. The highest BCUT2D eigenvalue weighted by atomic mass is 16.1. The molecule has 0 spiro atoms. The maximum atomic E-state index is 12.6. The van der Waals surface area contributed by atoms with Crippen LogP contribution in [0.5, 0.6) is 0 Å². The molecular formula is C28H43NO. The van der Waals surface area contributed by atoms with Crippen molar-refractivity contribution in [2.75, 3.05) is 11.4 Å². The van der Waals surface area contributed by atoms with Crippen molar-refractivity contribution in [2.24, 2.45) is 5.92 Å². The summed E-state index contributed by atoms with van der Waals surface area (Å²) >= 11 is 0. The van der Waals surface area contributed by atoms with Gasteiger partial charge in [0.15, 0.2) is 5.78 Å². The van der Waals surface area contributed by atoms with Crippen molar-refractivity contribution in [1.82, 2.24) is 0 Å². The number of rotatable bonds is 6. The number of hydrogen-bond donors (Lipinski definition) is 0. The van der Waals surface area contributed by atoms with Crippen molar-refractivity contribution in [3.05, 3.63) is 64.2 Å². The van der Waals surface area contributed by atoms with Crippen LogP contribution in [0.4, 0.5) is 5.69 Å². The molecule has 0 radical (unpaired) electrons. The predicted octanol–water partition coefficient (Wildman–Crippen LogP) is 7.71. The van der Waals surface area contributed by atoms with Crippen LogP contribution < -0.4 is 4.90 Å². The van der Waals surface area contributed by atoms with Crippen LogP contribution in [0.2, 0.25) is 0 Å². The molecule has 0 saturated carbocycles. The average Bonchev–Trinajstić information content (AvgIpc) is 3.05. The van der Waals surface area contributed by atoms with E-state index in [2.05, 4.69) is 77.6 Å². The molecular weight excluding hydrogens is 366 g/mol. The maximum absolute atomic E-state index is 12.6. The zero-order valence-corrected chi connectivity index (χ0v) is 19.5. The fourth-order valence-electron chi connectivity index (χ4n) is 3.72. The lowest BCUT2D eigenvalue weighted by Crippen LogP contribution is -2.32. The second-order valence-electron chi connectivity index (χ2n) is 8.84. The minimum atomic E-state index is 0. The van der Waals surface area contributed by atoms with E-state index in [-0.39, 0.29) is 13.2 Å². The van der Waals surface area contributed by atoms with E-state index in [4.69, 9.17) is 0 Å². The molecule has 2 aromatic rings. The van der Waals surface area contributed by atoms with E-state index >= 15 is 0 Å². The summed E-state index contributed by atoms with van der Waals surface area (Å²) in [5.41, 5.74) is 7.38. The lowest BCUT2D eigenvalue weighted by atomic mass is 9.98. The molecule has 1 heterocycles. The summed E-state index contributed by atoms with van der Waals surface area (Å²) in [5.74, 6) is 1.15. The maximum Gasteiger partial charge on any atom is 0.162 e. The Balaban J connectivity index is 0.000000674. The molecule has 0 saturated heterocycles. The molecule has 30 heavy (non-hydrogen) atoms. The van der Waals surface area contributed by atoms with Gasteiger partial charge in [-0.25, -0.2) is 0 Å². The largest absolute Gasteiger partial charge is 0.368 e. The molecule has 166 valence electrons. The Bertz CT molecular complexity index is 821. The lowest BCUT2D eigenvalue weighted by Gasteiger charge is -2.26. The number of anilines is 1. The molecule has 2 aromatic carbocycles. The summed E-state index contributed by atoms with van der Waals surface area (Å²) in [6, 6.07) is 13.2. The number of hydrogen-bond acceptors (Lipinski definition) is 2. The second kappa shape index (κ2) is 11.9. The minimum absolute atomic E-state index is 0. The van der Waals surface area contributed by atoms with Crippen LogP contribution in [0.3, 0.4) is 0 Å². The van der Waals surface area contributed by atoms with Crippen LogP contribution in [0.25, 0.3) is 0 Å². The summed E-state index contributed by atoms with van der Waals surface area (Å²) in [5, 5.41) is 0. The van der Waals surface area contributed by atoms with Crippen LogP contribution in [0.1, 0.15) is 87.0 Å². The summed E-state index contributed by atoms with van der Waals surface area (Å²) < 4.78 is 0. The van der Waals surface area contributed by atoms with Gasteiger partial charge < -0.3 is 4.90 Å². The fraction of sp³-hybridized carbons (Fsp3) is 0.536. The van der Waals surface area contributed by atoms with E-state index in [1.807, 2.05) is 12.1 Å². The van der Waals surface area contributed by atoms with Crippen LogP contribution in [-0.2, 0) is 6.42 Å². The van der Waals surface area contributed by atoms with Gasteiger partial charge in [0.05, 0.1) is 0 Å². The molecule has 1 aliphatic rings. The number of nitrogens with zero attached hydrogens (tertiary/aromatic N) is 1. The lowest BCUT2D eigenvalue weighted by molar-refractivity contribution is 0.0977. The summed E-state index contributed by atoms with van der Waals surface area (Å²) in [7, 11) is 0. The first-order valence-electron chi connectivity index (χ1n) is 11.2. The molecule has 0 amide bonds. The molecule has 0 N–H and O–H groups in total. The Morgan fingerprint density at radius 2 is 1.70 bits per heavy atom. The number of benzene rings is 2. The summed E-state index contributed by atoms with van der Waals surface area (Å²) in [6.45, 7) is 16.1. The Hall–Kier alpha value is -2.09. The highest BCUT2D eigenvalue weighted by Crippen LogP contribution is 2.34. The zero-order valence-electron chi connectivity index (χ0n) is 19.5. The van der Waals surface area contributed by atoms with E-state index in [9.17, 15) is 4.79 Å². The molecule has 2 heteroatoms. The first-order chi connectivity index (χ1) is 13.8. The van der Waals surface area contributed by atoms with Crippen molar-refractivity contribution in [1.29, 1.82) is 0 Å². The van der Waals surface area contributed by atoms with Crippen molar-refractivity contribution in [2.45, 2.75) is 87.6 Å². The third-order valence-corrected chi connectivity index (χ3v) is 6.14. The number of ketones is 1. The van der Waals surface area contributed by atoms with Gasteiger partial charge in [0.25, 0.3) is 0 Å². The number of carbonyl (C=O) groups is 1. The monoisotopic (exact) mass is 409 g/mol. The molecule has 0 bridgehead atoms. The van der Waals surface area contributed by atoms with Crippen molar-refractivity contribution in [3.63, 3.8) is 0 Å². The van der Waals surface area contributed by atoms with Gasteiger partial charge in [0.1, 0.15) is 0 Å². The van der Waals surface area contributed by atoms with Gasteiger partial charge in [0, 0.05) is 30.3 Å². The Kier molecular flexibility index (Phi) is 10.3. The molecule has 0 aromatic heterocycles. The van der Waals surface area contributed by atoms with E-state index in [0.29, 0.717) is 12.5 Å². The second-order valence-corrected chi connectivity index (χ2v) is 8.84. The SMILES string of the molecule is C.CCC(C)C.CCN1c2cc(C)ccc2CC1CCC(=O)c1ccc(C)c(C)c1. The standard InChI is InChI=1S/C22H27NO.C5H12.CH4/c1-5-23-20(14-18-8-6-15(2)12-21(18)23)10-11-22(24)19-9-7-16(3)17(4)13-19;1-4-5(2)3;/h6-9,12-13,20H,5,10-11,14H2,1-4H3;5H,4H2,1-3H3;1H4. The van der Waals surface area contributed by atoms with Crippen molar-refractivity contribution < 1.29 is 4.79 Å². The summed E-state index contributed by atoms with van der Waals surface area (Å²) in [6.07, 6.45) is 3.91. The Labute approximate surface area is 185 Å². The topological polar surface area (TPSA) is 20.3 Å². The average molecular weight is 410 g/mol. The van der Waals surface area contributed by atoms with E-state index in [1.54, 1.807) is 0 Å². The number of likely N-dealkylation sites (N-methyl/N-ethyl adjacent to an activating group) is 1. The molecule has 2 nitrogen and oxygen atoms in total. The van der Waals surface area contributed by atoms with Crippen LogP contribution in [0, 0.1) is 26.7 Å². The van der Waals surface area contributed by atoms with Crippen molar-refractivity contribution in [3.8, 4) is 0 Å². The third kappa shape index (κ3) is 6.72. The van der Waals surface area contributed by atoms with E-state index < -0.39 is 0 Å². The fourth-order valence-corrected chi connectivity index (χ4v) is 3.72. The number of aryl methyl sites for hydroxylation is 3. The number of carbonyl (C=O) groups excluding carboxylic acids is 1. The van der Waals surface area contributed by atoms with Gasteiger partial charge in [-0.3, -0.25) is 4.79 Å². The van der Waals surface area contributed by atoms with Gasteiger partial charge in [-0.05, 0) is 80.8 Å². The summed E-state index contributed by atoms with van der Waals surface area (Å²) in [4.78, 5) is 15.0. The van der Waals surface area contributed by atoms with Gasteiger partial charge in [-0.1, -0.05) is 58.9 Å². The first kappa shape index (κ1) is 25.9. The highest BCUT2D eigenvalue weighted by molar-refractivity contribution is 5.96. The minimum Gasteiger partial charge on any atom is -0.368 e. The van der Waals surface area contributed by atoms with Gasteiger partial charge >= 0.3 is 0 Å². The molecule has 3 rings (SSSR count). The van der Waals surface area contributed by atoms with Crippen LogP contribution >= 0.6 is 0 Å². The smallest absolute Gasteiger partial charge is 0.162 e. The normalized spacial score (nSPS) is 14.7. The number of Topliss-reactive ketones (excluding diaryl/α,β-unsaturated/α-hetero) is 1. The molecule has 0 fully saturated rings. The third-order valence-electron chi connectivity index (χ3n) is 6.14. The van der Waals surface area contributed by atoms with Gasteiger partial charge in [0.2, 0.25) is 0 Å². The Morgan fingerprint density at radius 1 is 1.03 bits per heavy atom. The van der Waals surface area contributed by atoms with Crippen molar-refractivity contribution >= 4 is 11.5 Å². The predicted molar refractivity (Wildman–Crippen MR) is 133 cm³/mol. The first-order valence-corrected chi connectivity index (χ1v) is 11.2. The number of fused-ring (bicyclic) bond motifs is 1. The van der Waals surface area contributed by atoms with E-state index in [1.165, 1.54) is 34.4 Å². The zero-order chi connectivity index (χ0) is 21.6. The van der Waals surface area contributed by atoms with Gasteiger partial charge in [-0.15, -0.1) is 0 Å². The van der Waals surface area contributed by atoms with Crippen LogP contribution in [0.15, 0.2) is 36.4 Å².